The third-order valence-electron chi connectivity index (χ3n) is 4.59. The lowest BCUT2D eigenvalue weighted by atomic mass is 9.73. The fourth-order valence-electron chi connectivity index (χ4n) is 3.44. The Hall–Kier alpha value is -0.420. The van der Waals surface area contributed by atoms with Crippen molar-refractivity contribution < 1.29 is 4.74 Å². The van der Waals surface area contributed by atoms with Gasteiger partial charge in [0.05, 0.1) is 11.6 Å². The summed E-state index contributed by atoms with van der Waals surface area (Å²) < 4.78 is 7.05. The first-order chi connectivity index (χ1) is 9.59. The molecule has 1 aliphatic carbocycles. The van der Waals surface area contributed by atoms with Crippen molar-refractivity contribution in [2.75, 3.05) is 7.11 Å². The van der Waals surface area contributed by atoms with Crippen LogP contribution in [0, 0.1) is 5.92 Å². The maximum absolute atomic E-state index is 5.95. The van der Waals surface area contributed by atoms with Crippen LogP contribution in [0.3, 0.4) is 0 Å². The summed E-state index contributed by atoms with van der Waals surface area (Å²) in [6.07, 6.45) is 5.56. The molecule has 4 heteroatoms. The van der Waals surface area contributed by atoms with Crippen molar-refractivity contribution in [1.82, 2.24) is 5.43 Å². The molecule has 1 aromatic rings. The van der Waals surface area contributed by atoms with E-state index < -0.39 is 0 Å². The zero-order chi connectivity index (χ0) is 14.6. The number of ether oxygens (including phenoxy) is 1. The minimum Gasteiger partial charge on any atom is -0.377 e. The van der Waals surface area contributed by atoms with Gasteiger partial charge in [0.2, 0.25) is 0 Å². The van der Waals surface area contributed by atoms with Gasteiger partial charge in [-0.05, 0) is 42.9 Å². The van der Waals surface area contributed by atoms with E-state index in [0.29, 0.717) is 5.92 Å². The van der Waals surface area contributed by atoms with Crippen molar-refractivity contribution in [1.29, 1.82) is 0 Å². The summed E-state index contributed by atoms with van der Waals surface area (Å²) in [6, 6.07) is 8.59. The first-order valence-electron chi connectivity index (χ1n) is 7.35. The number of nitrogens with one attached hydrogen (secondary N) is 1. The van der Waals surface area contributed by atoms with Gasteiger partial charge in [-0.1, -0.05) is 47.8 Å². The number of rotatable bonds is 5. The fourth-order valence-corrected chi connectivity index (χ4v) is 3.71. The Morgan fingerprint density at radius 1 is 1.45 bits per heavy atom. The van der Waals surface area contributed by atoms with Gasteiger partial charge in [0.25, 0.3) is 0 Å². The van der Waals surface area contributed by atoms with E-state index >= 15 is 0 Å². The molecule has 0 heterocycles. The van der Waals surface area contributed by atoms with Crippen LogP contribution >= 0.6 is 15.9 Å². The first kappa shape index (κ1) is 16.0. The Morgan fingerprint density at radius 3 is 2.70 bits per heavy atom. The highest BCUT2D eigenvalue weighted by Gasteiger charge is 2.41. The van der Waals surface area contributed by atoms with Gasteiger partial charge in [0, 0.05) is 11.6 Å². The van der Waals surface area contributed by atoms with Crippen molar-refractivity contribution in [2.24, 2.45) is 11.8 Å². The molecule has 0 aromatic heterocycles. The number of hydrogen-bond donors (Lipinski definition) is 2. The number of nitrogens with two attached hydrogens (primary N) is 1. The summed E-state index contributed by atoms with van der Waals surface area (Å²) in [5.74, 6) is 6.55. The molecule has 0 aliphatic heterocycles. The SMILES string of the molecule is COC1(C(Cc2ccc(Br)cc2)NN)CCCC(C)C1. The lowest BCUT2D eigenvalue weighted by Gasteiger charge is -2.44. The predicted molar refractivity (Wildman–Crippen MR) is 86.3 cm³/mol. The number of halogens is 1. The van der Waals surface area contributed by atoms with Crippen LogP contribution in [0.4, 0.5) is 0 Å². The minimum atomic E-state index is -0.139. The minimum absolute atomic E-state index is 0.139. The van der Waals surface area contributed by atoms with Crippen molar-refractivity contribution in [3.8, 4) is 0 Å². The molecule has 3 unspecified atom stereocenters. The van der Waals surface area contributed by atoms with Crippen LogP contribution in [-0.2, 0) is 11.2 Å². The average molecular weight is 341 g/mol. The maximum Gasteiger partial charge on any atom is 0.0850 e. The Bertz CT molecular complexity index is 423. The quantitative estimate of drug-likeness (QED) is 0.637. The lowest BCUT2D eigenvalue weighted by molar-refractivity contribution is -0.0791. The van der Waals surface area contributed by atoms with Crippen molar-refractivity contribution in [2.45, 2.75) is 50.7 Å². The van der Waals surface area contributed by atoms with Crippen LogP contribution in [-0.4, -0.2) is 18.8 Å². The van der Waals surface area contributed by atoms with Gasteiger partial charge < -0.3 is 4.74 Å². The summed E-state index contributed by atoms with van der Waals surface area (Å²) in [5.41, 5.74) is 4.15. The number of benzene rings is 1. The van der Waals surface area contributed by atoms with E-state index in [9.17, 15) is 0 Å². The molecule has 3 N–H and O–H groups in total. The number of hydrazine groups is 1. The zero-order valence-electron chi connectivity index (χ0n) is 12.4. The van der Waals surface area contributed by atoms with E-state index in [4.69, 9.17) is 10.6 Å². The molecule has 0 bridgehead atoms. The summed E-state index contributed by atoms with van der Waals surface area (Å²) in [6.45, 7) is 2.31. The van der Waals surface area contributed by atoms with E-state index in [1.807, 2.05) is 7.11 Å². The fraction of sp³-hybridized carbons (Fsp3) is 0.625. The Morgan fingerprint density at radius 2 is 2.15 bits per heavy atom. The Balaban J connectivity index is 2.14. The predicted octanol–water partition coefficient (Wildman–Crippen LogP) is 3.42. The summed E-state index contributed by atoms with van der Waals surface area (Å²) in [4.78, 5) is 0. The molecule has 3 atom stereocenters. The molecule has 1 aromatic carbocycles. The second-order valence-corrected chi connectivity index (χ2v) is 6.94. The van der Waals surface area contributed by atoms with Crippen LogP contribution in [0.25, 0.3) is 0 Å². The van der Waals surface area contributed by atoms with Crippen LogP contribution in [0.5, 0.6) is 0 Å². The van der Waals surface area contributed by atoms with Crippen molar-refractivity contribution in [3.63, 3.8) is 0 Å². The highest BCUT2D eigenvalue weighted by molar-refractivity contribution is 9.10. The zero-order valence-corrected chi connectivity index (χ0v) is 13.9. The second-order valence-electron chi connectivity index (χ2n) is 6.02. The molecule has 2 rings (SSSR count). The molecular weight excluding hydrogens is 316 g/mol. The molecule has 20 heavy (non-hydrogen) atoms. The maximum atomic E-state index is 5.95. The molecule has 0 amide bonds. The van der Waals surface area contributed by atoms with E-state index in [2.05, 4.69) is 52.5 Å². The summed E-state index contributed by atoms with van der Waals surface area (Å²) in [5, 5.41) is 0. The van der Waals surface area contributed by atoms with Gasteiger partial charge in [-0.25, -0.2) is 0 Å². The van der Waals surface area contributed by atoms with Gasteiger partial charge >= 0.3 is 0 Å². The molecule has 0 radical (unpaired) electrons. The molecule has 0 saturated heterocycles. The summed E-state index contributed by atoms with van der Waals surface area (Å²) in [7, 11) is 1.82. The highest BCUT2D eigenvalue weighted by atomic mass is 79.9. The molecular formula is C16H25BrN2O. The van der Waals surface area contributed by atoms with Crippen LogP contribution in [0.1, 0.15) is 38.2 Å². The van der Waals surface area contributed by atoms with Crippen molar-refractivity contribution >= 4 is 15.9 Å². The van der Waals surface area contributed by atoms with Gasteiger partial charge in [-0.3, -0.25) is 11.3 Å². The first-order valence-corrected chi connectivity index (χ1v) is 8.14. The van der Waals surface area contributed by atoms with Crippen LogP contribution in [0.2, 0.25) is 0 Å². The number of hydrogen-bond acceptors (Lipinski definition) is 3. The second kappa shape index (κ2) is 7.03. The monoisotopic (exact) mass is 340 g/mol. The standard InChI is InChI=1S/C16H25BrN2O/c1-12-4-3-9-16(11-12,20-2)15(19-18)10-13-5-7-14(17)8-6-13/h5-8,12,15,19H,3-4,9-11,18H2,1-2H3. The van der Waals surface area contributed by atoms with E-state index in [0.717, 1.165) is 23.7 Å². The largest absolute Gasteiger partial charge is 0.377 e. The highest BCUT2D eigenvalue weighted by Crippen LogP contribution is 2.38. The normalized spacial score (nSPS) is 28.3. The average Bonchev–Trinajstić information content (AvgIpc) is 2.46. The van der Waals surface area contributed by atoms with E-state index in [1.165, 1.54) is 18.4 Å². The van der Waals surface area contributed by atoms with Gasteiger partial charge in [-0.15, -0.1) is 0 Å². The van der Waals surface area contributed by atoms with Crippen LogP contribution in [0.15, 0.2) is 28.7 Å². The van der Waals surface area contributed by atoms with Gasteiger partial charge in [-0.2, -0.15) is 0 Å². The third-order valence-corrected chi connectivity index (χ3v) is 5.12. The van der Waals surface area contributed by atoms with E-state index in [1.54, 1.807) is 0 Å². The Labute approximate surface area is 130 Å². The molecule has 3 nitrogen and oxygen atoms in total. The van der Waals surface area contributed by atoms with Crippen LogP contribution < -0.4 is 11.3 Å². The summed E-state index contributed by atoms with van der Waals surface area (Å²) >= 11 is 3.47. The molecule has 1 aliphatic rings. The smallest absolute Gasteiger partial charge is 0.0850 e. The lowest BCUT2D eigenvalue weighted by Crippen LogP contribution is -2.57. The molecule has 0 spiro atoms. The Kier molecular flexibility index (Phi) is 5.61. The van der Waals surface area contributed by atoms with Gasteiger partial charge in [0.1, 0.15) is 0 Å². The van der Waals surface area contributed by atoms with Gasteiger partial charge in [0.15, 0.2) is 0 Å². The number of methoxy groups -OCH3 is 1. The third kappa shape index (κ3) is 3.61. The molecule has 1 saturated carbocycles. The van der Waals surface area contributed by atoms with Crippen molar-refractivity contribution in [3.05, 3.63) is 34.3 Å². The van der Waals surface area contributed by atoms with E-state index in [-0.39, 0.29) is 11.6 Å². The molecule has 112 valence electrons. The molecule has 1 fully saturated rings. The topological polar surface area (TPSA) is 47.3 Å².